The lowest BCUT2D eigenvalue weighted by Gasteiger charge is -2.14. The normalized spacial score (nSPS) is 12.9. The summed E-state index contributed by atoms with van der Waals surface area (Å²) in [4.78, 5) is 28.8. The highest BCUT2D eigenvalue weighted by molar-refractivity contribution is 7.52. The van der Waals surface area contributed by atoms with Crippen LogP contribution in [-0.4, -0.2) is 28.2 Å². The lowest BCUT2D eigenvalue weighted by atomic mass is 10.3. The summed E-state index contributed by atoms with van der Waals surface area (Å²) in [6, 6.07) is 4.42. The minimum atomic E-state index is -4.46. The fourth-order valence-electron chi connectivity index (χ4n) is 1.02. The minimum absolute atomic E-state index is 0.211. The Bertz CT molecular complexity index is 515. The van der Waals surface area contributed by atoms with Gasteiger partial charge in [-0.3, -0.25) is 4.57 Å². The molecule has 2 N–H and O–H groups in total. The second-order valence-electron chi connectivity index (χ2n) is 3.54. The highest BCUT2D eigenvalue weighted by Crippen LogP contribution is 2.41. The van der Waals surface area contributed by atoms with Gasteiger partial charge in [0.15, 0.2) is 12.5 Å². The van der Waals surface area contributed by atoms with E-state index in [4.69, 9.17) is 37.7 Å². The van der Waals surface area contributed by atoms with Crippen molar-refractivity contribution in [2.45, 2.75) is 12.8 Å². The van der Waals surface area contributed by atoms with Crippen molar-refractivity contribution in [3.8, 4) is 5.75 Å². The molecule has 0 aliphatic heterocycles. The maximum Gasteiger partial charge on any atom is 0.365 e. The van der Waals surface area contributed by atoms with Gasteiger partial charge in [-0.15, -0.1) is 0 Å². The molecule has 0 saturated carbocycles. The lowest BCUT2D eigenvalue weighted by Crippen LogP contribution is -2.20. The van der Waals surface area contributed by atoms with Crippen LogP contribution in [0.1, 0.15) is 6.92 Å². The summed E-state index contributed by atoms with van der Waals surface area (Å²) in [6.45, 7) is 0.569. The van der Waals surface area contributed by atoms with Gasteiger partial charge in [-0.1, -0.05) is 23.2 Å². The molecular weight excluding hydrogens is 318 g/mol. The van der Waals surface area contributed by atoms with Gasteiger partial charge in [0.1, 0.15) is 5.75 Å². The number of hydrogen-bond donors (Lipinski definition) is 2. The Hall–Kier alpha value is -0.780. The highest BCUT2D eigenvalue weighted by Gasteiger charge is 2.27. The van der Waals surface area contributed by atoms with Crippen LogP contribution in [0, 0.1) is 0 Å². The molecule has 19 heavy (non-hydrogen) atoms. The molecule has 0 aliphatic carbocycles. The van der Waals surface area contributed by atoms with E-state index in [1.165, 1.54) is 18.2 Å². The summed E-state index contributed by atoms with van der Waals surface area (Å²) >= 11 is 11.5. The second-order valence-corrected chi connectivity index (χ2v) is 6.29. The van der Waals surface area contributed by atoms with E-state index in [1.54, 1.807) is 0 Å². The summed E-state index contributed by atoms with van der Waals surface area (Å²) in [5, 5.41) is 0.624. The molecule has 0 aromatic heterocycles. The number of rotatable bonds is 5. The Morgan fingerprint density at radius 1 is 1.42 bits per heavy atom. The van der Waals surface area contributed by atoms with Crippen molar-refractivity contribution in [3.63, 3.8) is 0 Å². The predicted octanol–water partition coefficient (Wildman–Crippen LogP) is 2.44. The van der Waals surface area contributed by atoms with E-state index >= 15 is 0 Å². The van der Waals surface area contributed by atoms with Crippen LogP contribution < -0.4 is 4.74 Å². The quantitative estimate of drug-likeness (QED) is 0.637. The van der Waals surface area contributed by atoms with Crippen LogP contribution in [0.2, 0.25) is 10.0 Å². The molecule has 0 radical (unpaired) electrons. The van der Waals surface area contributed by atoms with E-state index in [0.717, 1.165) is 6.92 Å². The molecule has 9 heteroatoms. The lowest BCUT2D eigenvalue weighted by molar-refractivity contribution is -0.147. The molecule has 1 rings (SSSR count). The molecule has 1 aromatic carbocycles. The molecule has 0 aliphatic rings. The molecule has 0 bridgehead atoms. The van der Waals surface area contributed by atoms with Gasteiger partial charge in [-0.2, -0.15) is 0 Å². The third-order valence-corrected chi connectivity index (χ3v) is 3.60. The Morgan fingerprint density at radius 2 is 2.05 bits per heavy atom. The van der Waals surface area contributed by atoms with Crippen molar-refractivity contribution in [1.29, 1.82) is 0 Å². The molecular formula is C10H11Cl2O6P. The molecule has 0 heterocycles. The number of halogens is 2. The van der Waals surface area contributed by atoms with Crippen LogP contribution in [0.5, 0.6) is 5.75 Å². The van der Waals surface area contributed by atoms with Crippen molar-refractivity contribution >= 4 is 36.8 Å². The van der Waals surface area contributed by atoms with Crippen LogP contribution in [-0.2, 0) is 14.1 Å². The monoisotopic (exact) mass is 328 g/mol. The Morgan fingerprint density at radius 3 is 2.58 bits per heavy atom. The van der Waals surface area contributed by atoms with Crippen molar-refractivity contribution in [2.24, 2.45) is 0 Å². The van der Waals surface area contributed by atoms with Gasteiger partial charge < -0.3 is 19.3 Å². The third-order valence-electron chi connectivity index (χ3n) is 2.02. The number of carbonyl (C=O) groups excluding carboxylic acids is 1. The molecule has 6 nitrogen and oxygen atoms in total. The van der Waals surface area contributed by atoms with Crippen LogP contribution in [0.25, 0.3) is 0 Å². The Balaban J connectivity index is 2.53. The zero-order chi connectivity index (χ0) is 14.6. The third kappa shape index (κ3) is 5.38. The van der Waals surface area contributed by atoms with E-state index in [2.05, 4.69) is 4.74 Å². The van der Waals surface area contributed by atoms with Crippen molar-refractivity contribution in [2.75, 3.05) is 6.61 Å². The highest BCUT2D eigenvalue weighted by atomic mass is 35.5. The Kier molecular flexibility index (Phi) is 5.64. The van der Waals surface area contributed by atoms with Crippen molar-refractivity contribution in [3.05, 3.63) is 28.2 Å². The average Bonchev–Trinajstić information content (AvgIpc) is 2.26. The van der Waals surface area contributed by atoms with E-state index < -0.39 is 26.0 Å². The topological polar surface area (TPSA) is 93.1 Å². The smallest absolute Gasteiger partial charge is 0.365 e. The van der Waals surface area contributed by atoms with Crippen LogP contribution in [0.4, 0.5) is 0 Å². The van der Waals surface area contributed by atoms with E-state index in [-0.39, 0.29) is 10.8 Å². The molecule has 0 fully saturated rings. The van der Waals surface area contributed by atoms with Crippen molar-refractivity contribution in [1.82, 2.24) is 0 Å². The number of ether oxygens (including phenoxy) is 2. The molecule has 1 unspecified atom stereocenters. The second kappa shape index (κ2) is 6.59. The largest absolute Gasteiger partial charge is 0.480 e. The molecule has 0 amide bonds. The maximum atomic E-state index is 11.3. The molecule has 1 atom stereocenters. The maximum absolute atomic E-state index is 11.3. The molecule has 106 valence electrons. The predicted molar refractivity (Wildman–Crippen MR) is 69.6 cm³/mol. The summed E-state index contributed by atoms with van der Waals surface area (Å²) in [5.41, 5.74) is 0. The molecule has 0 saturated heterocycles. The first kappa shape index (κ1) is 16.3. The molecule has 0 spiro atoms. The SMILES string of the molecule is CC(OC(=O)COc1ccc(Cl)cc1Cl)P(=O)(O)O. The first-order valence-electron chi connectivity index (χ1n) is 5.02. The number of hydrogen-bond acceptors (Lipinski definition) is 4. The van der Waals surface area contributed by atoms with Gasteiger partial charge in [-0.25, -0.2) is 4.79 Å². The number of carbonyl (C=O) groups is 1. The minimum Gasteiger partial charge on any atom is -0.480 e. The summed E-state index contributed by atoms with van der Waals surface area (Å²) in [6.07, 6.45) is 0. The van der Waals surface area contributed by atoms with E-state index in [1.807, 2.05) is 0 Å². The van der Waals surface area contributed by atoms with Gasteiger partial charge in [0, 0.05) is 5.02 Å². The van der Waals surface area contributed by atoms with Crippen LogP contribution >= 0.6 is 30.8 Å². The van der Waals surface area contributed by atoms with Crippen LogP contribution in [0.3, 0.4) is 0 Å². The number of esters is 1. The van der Waals surface area contributed by atoms with Gasteiger partial charge in [0.05, 0.1) is 5.02 Å². The first-order valence-corrected chi connectivity index (χ1v) is 7.46. The van der Waals surface area contributed by atoms with Gasteiger partial charge in [0.2, 0.25) is 0 Å². The summed E-state index contributed by atoms with van der Waals surface area (Å²) in [7, 11) is -4.46. The van der Waals surface area contributed by atoms with E-state index in [0.29, 0.717) is 5.02 Å². The summed E-state index contributed by atoms with van der Waals surface area (Å²) in [5.74, 6) is -2.22. The van der Waals surface area contributed by atoms with Crippen molar-refractivity contribution < 1.29 is 28.6 Å². The van der Waals surface area contributed by atoms with Crippen LogP contribution in [0.15, 0.2) is 18.2 Å². The van der Waals surface area contributed by atoms with Gasteiger partial charge in [-0.05, 0) is 25.1 Å². The molecule has 1 aromatic rings. The fourth-order valence-corrected chi connectivity index (χ4v) is 1.74. The fraction of sp³-hybridized carbons (Fsp3) is 0.300. The zero-order valence-electron chi connectivity index (χ0n) is 9.75. The summed E-state index contributed by atoms with van der Waals surface area (Å²) < 4.78 is 20.3. The van der Waals surface area contributed by atoms with Gasteiger partial charge in [0.25, 0.3) is 0 Å². The average molecular weight is 329 g/mol. The first-order chi connectivity index (χ1) is 8.70. The Labute approximate surface area is 119 Å². The van der Waals surface area contributed by atoms with Gasteiger partial charge >= 0.3 is 13.6 Å². The number of benzene rings is 1. The standard InChI is InChI=1S/C10H11Cl2O6P/c1-6(19(14,15)16)18-10(13)5-17-9-3-2-7(11)4-8(9)12/h2-4,6H,5H2,1H3,(H2,14,15,16). The zero-order valence-corrected chi connectivity index (χ0v) is 12.2. The van der Waals surface area contributed by atoms with E-state index in [9.17, 15) is 9.36 Å².